The average molecular weight is 247 g/mol. The number of aryl methyl sites for hydroxylation is 1. The molecule has 0 radical (unpaired) electrons. The van der Waals surface area contributed by atoms with Gasteiger partial charge in [0.2, 0.25) is 5.91 Å². The third-order valence-electron chi connectivity index (χ3n) is 2.76. The van der Waals surface area contributed by atoms with Gasteiger partial charge in [0.05, 0.1) is 17.4 Å². The van der Waals surface area contributed by atoms with E-state index in [2.05, 4.69) is 10.3 Å². The van der Waals surface area contributed by atoms with E-state index >= 15 is 0 Å². The summed E-state index contributed by atoms with van der Waals surface area (Å²) < 4.78 is 1.97. The summed E-state index contributed by atoms with van der Waals surface area (Å²) in [5.74, 6) is 0.00114. The molecule has 0 saturated heterocycles. The number of amides is 1. The molecule has 0 bridgehead atoms. The number of nitrogens with one attached hydrogen (secondary N) is 1. The second-order valence-corrected chi connectivity index (χ2v) is 4.10. The van der Waals surface area contributed by atoms with Crippen LogP contribution in [0.3, 0.4) is 0 Å². The topological polar surface area (TPSA) is 67.2 Å². The predicted octanol–water partition coefficient (Wildman–Crippen LogP) is 0.925. The molecule has 0 aliphatic carbocycles. The molecule has 1 heterocycles. The summed E-state index contributed by atoms with van der Waals surface area (Å²) >= 11 is 0. The van der Waals surface area contributed by atoms with Gasteiger partial charge in [0.1, 0.15) is 0 Å². The van der Waals surface area contributed by atoms with E-state index in [-0.39, 0.29) is 12.5 Å². The second kappa shape index (κ2) is 6.16. The lowest BCUT2D eigenvalue weighted by molar-refractivity contribution is -0.121. The Bertz CT molecular complexity index is 522. The SMILES string of the molecule is O=C(CCn1cnc2ccccc21)NCCCO. The van der Waals surface area contributed by atoms with Crippen molar-refractivity contribution in [2.45, 2.75) is 19.4 Å². The molecule has 1 amide bonds. The molecule has 0 aliphatic heterocycles. The number of imidazole rings is 1. The van der Waals surface area contributed by atoms with Gasteiger partial charge in [0, 0.05) is 26.1 Å². The predicted molar refractivity (Wildman–Crippen MR) is 69.1 cm³/mol. The van der Waals surface area contributed by atoms with Crippen LogP contribution in [0.2, 0.25) is 0 Å². The summed E-state index contributed by atoms with van der Waals surface area (Å²) in [6.07, 6.45) is 2.77. The van der Waals surface area contributed by atoms with Crippen LogP contribution in [0.5, 0.6) is 0 Å². The molecule has 0 aliphatic rings. The Morgan fingerprint density at radius 3 is 3.06 bits per heavy atom. The summed E-state index contributed by atoms with van der Waals surface area (Å²) in [6, 6.07) is 7.85. The lowest BCUT2D eigenvalue weighted by Crippen LogP contribution is -2.25. The van der Waals surface area contributed by atoms with Gasteiger partial charge in [0.25, 0.3) is 0 Å². The molecule has 0 unspecified atom stereocenters. The first-order valence-electron chi connectivity index (χ1n) is 6.08. The lowest BCUT2D eigenvalue weighted by atomic mass is 10.3. The van der Waals surface area contributed by atoms with Crippen LogP contribution in [0, 0.1) is 0 Å². The minimum Gasteiger partial charge on any atom is -0.396 e. The Balaban J connectivity index is 1.88. The van der Waals surface area contributed by atoms with Gasteiger partial charge in [-0.05, 0) is 18.6 Å². The van der Waals surface area contributed by atoms with Crippen molar-refractivity contribution in [3.8, 4) is 0 Å². The molecule has 96 valence electrons. The summed E-state index contributed by atoms with van der Waals surface area (Å²) in [4.78, 5) is 15.8. The highest BCUT2D eigenvalue weighted by atomic mass is 16.3. The van der Waals surface area contributed by atoms with Crippen molar-refractivity contribution in [1.82, 2.24) is 14.9 Å². The molecule has 0 saturated carbocycles. The van der Waals surface area contributed by atoms with E-state index in [1.807, 2.05) is 28.8 Å². The molecular formula is C13H17N3O2. The highest BCUT2D eigenvalue weighted by Gasteiger charge is 2.04. The van der Waals surface area contributed by atoms with Gasteiger partial charge in [-0.2, -0.15) is 0 Å². The largest absolute Gasteiger partial charge is 0.396 e. The van der Waals surface area contributed by atoms with Gasteiger partial charge in [-0.3, -0.25) is 4.79 Å². The zero-order valence-electron chi connectivity index (χ0n) is 10.2. The quantitative estimate of drug-likeness (QED) is 0.746. The summed E-state index contributed by atoms with van der Waals surface area (Å²) in [5.41, 5.74) is 1.99. The molecule has 0 atom stereocenters. The maximum Gasteiger partial charge on any atom is 0.221 e. The normalized spacial score (nSPS) is 10.7. The Labute approximate surface area is 105 Å². The number of hydrogen-bond donors (Lipinski definition) is 2. The molecule has 1 aromatic heterocycles. The molecule has 0 fully saturated rings. The molecular weight excluding hydrogens is 230 g/mol. The smallest absolute Gasteiger partial charge is 0.221 e. The standard InChI is InChI=1S/C13H17N3O2/c17-9-3-7-14-13(18)6-8-16-10-15-11-4-1-2-5-12(11)16/h1-2,4-5,10,17H,3,6-9H2,(H,14,18). The fourth-order valence-electron chi connectivity index (χ4n) is 1.81. The van der Waals surface area contributed by atoms with Crippen molar-refractivity contribution in [3.05, 3.63) is 30.6 Å². The first-order chi connectivity index (χ1) is 8.81. The number of carbonyl (C=O) groups excluding carboxylic acids is 1. The fraction of sp³-hybridized carbons (Fsp3) is 0.385. The maximum absolute atomic E-state index is 11.5. The van der Waals surface area contributed by atoms with Crippen molar-refractivity contribution in [2.75, 3.05) is 13.2 Å². The van der Waals surface area contributed by atoms with Gasteiger partial charge < -0.3 is 15.0 Å². The van der Waals surface area contributed by atoms with E-state index in [1.54, 1.807) is 6.33 Å². The second-order valence-electron chi connectivity index (χ2n) is 4.10. The van der Waals surface area contributed by atoms with Crippen LogP contribution < -0.4 is 5.32 Å². The number of fused-ring (bicyclic) bond motifs is 1. The molecule has 1 aromatic carbocycles. The van der Waals surface area contributed by atoms with Gasteiger partial charge >= 0.3 is 0 Å². The Hall–Kier alpha value is -1.88. The number of aromatic nitrogens is 2. The van der Waals surface area contributed by atoms with E-state index in [9.17, 15) is 4.79 Å². The van der Waals surface area contributed by atoms with Crippen LogP contribution in [-0.4, -0.2) is 33.7 Å². The highest BCUT2D eigenvalue weighted by Crippen LogP contribution is 2.11. The first kappa shape index (κ1) is 12.6. The minimum absolute atomic E-state index is 0.00114. The summed E-state index contributed by atoms with van der Waals surface area (Å²) in [7, 11) is 0. The van der Waals surface area contributed by atoms with Crippen LogP contribution in [0.15, 0.2) is 30.6 Å². The first-order valence-corrected chi connectivity index (χ1v) is 6.08. The van der Waals surface area contributed by atoms with E-state index in [0.29, 0.717) is 25.9 Å². The Morgan fingerprint density at radius 1 is 1.39 bits per heavy atom. The third-order valence-corrected chi connectivity index (χ3v) is 2.76. The highest BCUT2D eigenvalue weighted by molar-refractivity contribution is 5.77. The summed E-state index contributed by atoms with van der Waals surface area (Å²) in [6.45, 7) is 1.25. The van der Waals surface area contributed by atoms with Gasteiger partial charge in [-0.15, -0.1) is 0 Å². The third kappa shape index (κ3) is 3.07. The van der Waals surface area contributed by atoms with Crippen molar-refractivity contribution >= 4 is 16.9 Å². The number of benzene rings is 1. The maximum atomic E-state index is 11.5. The van der Waals surface area contributed by atoms with Crippen LogP contribution in [0.1, 0.15) is 12.8 Å². The molecule has 2 aromatic rings. The van der Waals surface area contributed by atoms with Crippen LogP contribution in [-0.2, 0) is 11.3 Å². The number of rotatable bonds is 6. The van der Waals surface area contributed by atoms with Gasteiger partial charge in [0.15, 0.2) is 0 Å². The Kier molecular flexibility index (Phi) is 4.30. The van der Waals surface area contributed by atoms with Crippen molar-refractivity contribution in [1.29, 1.82) is 0 Å². The van der Waals surface area contributed by atoms with Crippen molar-refractivity contribution in [2.24, 2.45) is 0 Å². The average Bonchev–Trinajstić information content (AvgIpc) is 2.80. The number of aliphatic hydroxyl groups excluding tert-OH is 1. The van der Waals surface area contributed by atoms with Crippen LogP contribution in [0.4, 0.5) is 0 Å². The summed E-state index contributed by atoms with van der Waals surface area (Å²) in [5, 5.41) is 11.4. The van der Waals surface area contributed by atoms with Crippen LogP contribution in [0.25, 0.3) is 11.0 Å². The van der Waals surface area contributed by atoms with Gasteiger partial charge in [-0.25, -0.2) is 4.98 Å². The monoisotopic (exact) mass is 247 g/mol. The van der Waals surface area contributed by atoms with E-state index in [4.69, 9.17) is 5.11 Å². The number of carbonyl (C=O) groups is 1. The number of aliphatic hydroxyl groups is 1. The molecule has 5 heteroatoms. The molecule has 18 heavy (non-hydrogen) atoms. The number of para-hydroxylation sites is 2. The van der Waals surface area contributed by atoms with Gasteiger partial charge in [-0.1, -0.05) is 12.1 Å². The lowest BCUT2D eigenvalue weighted by Gasteiger charge is -2.05. The number of nitrogens with zero attached hydrogens (tertiary/aromatic N) is 2. The van der Waals surface area contributed by atoms with E-state index in [1.165, 1.54) is 0 Å². The van der Waals surface area contributed by atoms with Crippen LogP contribution >= 0.6 is 0 Å². The molecule has 2 N–H and O–H groups in total. The zero-order chi connectivity index (χ0) is 12.8. The molecule has 5 nitrogen and oxygen atoms in total. The molecule has 2 rings (SSSR count). The number of hydrogen-bond acceptors (Lipinski definition) is 3. The molecule has 0 spiro atoms. The van der Waals surface area contributed by atoms with Crippen molar-refractivity contribution < 1.29 is 9.90 Å². The zero-order valence-corrected chi connectivity index (χ0v) is 10.2. The minimum atomic E-state index is 0.00114. The van der Waals surface area contributed by atoms with Crippen molar-refractivity contribution in [3.63, 3.8) is 0 Å². The van der Waals surface area contributed by atoms with E-state index in [0.717, 1.165) is 11.0 Å². The Morgan fingerprint density at radius 2 is 2.22 bits per heavy atom. The fourth-order valence-corrected chi connectivity index (χ4v) is 1.81. The van der Waals surface area contributed by atoms with E-state index < -0.39 is 0 Å².